The van der Waals surface area contributed by atoms with Crippen molar-refractivity contribution in [2.75, 3.05) is 9.80 Å². The Bertz CT molecular complexity index is 2090. The molecule has 0 bridgehead atoms. The fourth-order valence-corrected chi connectivity index (χ4v) is 7.56. The van der Waals surface area contributed by atoms with Crippen LogP contribution in [0, 0.1) is 6.67 Å². The average molecular weight is 854 g/mol. The van der Waals surface area contributed by atoms with Crippen LogP contribution in [0.1, 0.15) is 101 Å². The van der Waals surface area contributed by atoms with Gasteiger partial charge in [-0.15, -0.1) is 6.67 Å². The molecule has 51 heavy (non-hydrogen) atoms. The summed E-state index contributed by atoms with van der Waals surface area (Å²) in [7, 11) is 0. The molecule has 0 saturated heterocycles. The maximum Gasteiger partial charge on any atom is 0.0345 e. The van der Waals surface area contributed by atoms with Crippen molar-refractivity contribution in [2.45, 2.75) is 79.1 Å². The molecule has 6 aromatic carbocycles. The van der Waals surface area contributed by atoms with Gasteiger partial charge >= 0.3 is 0 Å². The topological polar surface area (TPSA) is 33.5 Å². The Morgan fingerprint density at radius 3 is 1.27 bits per heavy atom. The monoisotopic (exact) mass is 853 g/mol. The van der Waals surface area contributed by atoms with Crippen molar-refractivity contribution in [3.63, 3.8) is 0 Å². The summed E-state index contributed by atoms with van der Waals surface area (Å²) in [4.78, 5) is 13.7. The zero-order chi connectivity index (χ0) is 35.1. The predicted molar refractivity (Wildman–Crippen MR) is 214 cm³/mol. The normalized spacial score (nSPS) is 12.7. The summed E-state index contributed by atoms with van der Waals surface area (Å²) in [6, 6.07) is 39.2. The van der Waals surface area contributed by atoms with Gasteiger partial charge in [-0.3, -0.25) is 0 Å². The third-order valence-corrected chi connectivity index (χ3v) is 10.1. The van der Waals surface area contributed by atoms with Crippen LogP contribution >= 0.6 is 0 Å². The first kappa shape index (κ1) is 36.4. The summed E-state index contributed by atoms with van der Waals surface area (Å²) in [5, 5.41) is 4.85. The molecule has 7 aromatic rings. The molecule has 5 heteroatoms. The summed E-state index contributed by atoms with van der Waals surface area (Å²) in [6.45, 7) is 20.7. The summed E-state index contributed by atoms with van der Waals surface area (Å²) in [6.07, 6.45) is 1.64. The second-order valence-corrected chi connectivity index (χ2v) is 14.7. The molecule has 1 aromatic heterocycles. The molecule has 0 N–H and O–H groups in total. The SMILES string of the molecule is CC(C)c1cccc(C(C)C)c1N1[CH-]N(c2c(C(C)C)cccc2C(C)C)c2ccccc21.[Au].c1ccc2c(c1)c1ccccc1c1[n-]cnc21. The molecular weight excluding hydrogens is 806 g/mol. The van der Waals surface area contributed by atoms with Gasteiger partial charge < -0.3 is 19.8 Å². The van der Waals surface area contributed by atoms with Crippen LogP contribution in [0.4, 0.5) is 22.7 Å². The van der Waals surface area contributed by atoms with Crippen LogP contribution in [-0.4, -0.2) is 4.98 Å². The summed E-state index contributed by atoms with van der Waals surface area (Å²) in [5.74, 6) is 1.79. The number of aromatic nitrogens is 2. The van der Waals surface area contributed by atoms with Crippen LogP contribution in [0.5, 0.6) is 0 Å². The molecular formula is C46H48AuN4-2. The van der Waals surface area contributed by atoms with E-state index in [0.717, 1.165) is 11.0 Å². The Hall–Kier alpha value is -4.35. The second-order valence-electron chi connectivity index (χ2n) is 14.7. The minimum Gasteiger partial charge on any atom is -0.473 e. The second kappa shape index (κ2) is 15.1. The fraction of sp³-hybridized carbons (Fsp3) is 0.261. The van der Waals surface area contributed by atoms with E-state index in [1.807, 2.05) is 12.1 Å². The Kier molecular flexibility index (Phi) is 10.8. The third kappa shape index (κ3) is 6.62. The number of hydrogen-bond acceptors (Lipinski definition) is 3. The Morgan fingerprint density at radius 1 is 0.471 bits per heavy atom. The van der Waals surface area contributed by atoms with Crippen molar-refractivity contribution in [3.8, 4) is 0 Å². The number of benzene rings is 6. The van der Waals surface area contributed by atoms with Crippen LogP contribution in [-0.2, 0) is 22.4 Å². The van der Waals surface area contributed by atoms with E-state index in [2.05, 4.69) is 179 Å². The van der Waals surface area contributed by atoms with Gasteiger partial charge in [-0.05, 0) is 90.6 Å². The number of fused-ring (bicyclic) bond motifs is 7. The predicted octanol–water partition coefficient (Wildman–Crippen LogP) is 13.1. The van der Waals surface area contributed by atoms with Crippen LogP contribution < -0.4 is 14.8 Å². The number of anilines is 4. The van der Waals surface area contributed by atoms with Gasteiger partial charge in [0.05, 0.1) is 0 Å². The molecule has 1 radical (unpaired) electrons. The van der Waals surface area contributed by atoms with Gasteiger partial charge in [0.25, 0.3) is 0 Å². The molecule has 0 fully saturated rings. The Morgan fingerprint density at radius 2 is 0.843 bits per heavy atom. The zero-order valence-electron chi connectivity index (χ0n) is 30.9. The van der Waals surface area contributed by atoms with E-state index < -0.39 is 0 Å². The van der Waals surface area contributed by atoms with E-state index in [4.69, 9.17) is 0 Å². The van der Waals surface area contributed by atoms with E-state index >= 15 is 0 Å². The van der Waals surface area contributed by atoms with Crippen molar-refractivity contribution in [1.82, 2.24) is 9.97 Å². The first-order valence-corrected chi connectivity index (χ1v) is 18.1. The van der Waals surface area contributed by atoms with Crippen molar-refractivity contribution in [1.29, 1.82) is 0 Å². The molecule has 0 aliphatic carbocycles. The molecule has 265 valence electrons. The summed E-state index contributed by atoms with van der Waals surface area (Å²) < 4.78 is 0. The third-order valence-electron chi connectivity index (χ3n) is 10.1. The number of rotatable bonds is 6. The van der Waals surface area contributed by atoms with Crippen LogP contribution in [0.25, 0.3) is 32.6 Å². The summed E-state index contributed by atoms with van der Waals surface area (Å²) in [5.41, 5.74) is 12.8. The van der Waals surface area contributed by atoms with E-state index in [0.29, 0.717) is 23.7 Å². The fourth-order valence-electron chi connectivity index (χ4n) is 7.56. The van der Waals surface area contributed by atoms with Gasteiger partial charge in [-0.25, -0.2) is 0 Å². The van der Waals surface area contributed by atoms with Gasteiger partial charge in [0, 0.05) is 45.1 Å². The van der Waals surface area contributed by atoms with Gasteiger partial charge in [-0.1, -0.05) is 159 Å². The molecule has 4 nitrogen and oxygen atoms in total. The first-order valence-electron chi connectivity index (χ1n) is 18.1. The maximum atomic E-state index is 4.39. The number of imidazole rings is 1. The number of hydrogen-bond donors (Lipinski definition) is 0. The van der Waals surface area contributed by atoms with Gasteiger partial charge in [-0.2, -0.15) is 0 Å². The standard InChI is InChI=1S/C31H39N2.C15H9N2.Au/c1-20(2)24-13-11-14-25(21(3)4)30(24)32-19-33(29-18-10-9-17-28(29)32)31-26(22(5)6)15-12-16-27(31)23(7)8;1-3-7-12-10(5-1)11-6-2-4-8-13(11)15-14(12)16-9-17-15;/h9-23H,1-8H3;1-9H;/q2*-1;. The smallest absolute Gasteiger partial charge is 0.0345 e. The number of para-hydroxylation sites is 4. The molecule has 8 rings (SSSR count). The van der Waals surface area contributed by atoms with Crippen LogP contribution in [0.3, 0.4) is 0 Å². The minimum atomic E-state index is 0. The zero-order valence-corrected chi connectivity index (χ0v) is 33.1. The molecule has 0 spiro atoms. The molecule has 2 heterocycles. The van der Waals surface area contributed by atoms with E-state index in [1.54, 1.807) is 6.33 Å². The molecule has 0 unspecified atom stereocenters. The molecule has 0 atom stereocenters. The van der Waals surface area contributed by atoms with Gasteiger partial charge in [0.1, 0.15) is 0 Å². The Balaban J connectivity index is 0.000000207. The number of nitrogens with zero attached hydrogens (tertiary/aromatic N) is 4. The van der Waals surface area contributed by atoms with Crippen LogP contribution in [0.15, 0.2) is 116 Å². The van der Waals surface area contributed by atoms with Crippen molar-refractivity contribution >= 4 is 55.3 Å². The largest absolute Gasteiger partial charge is 0.473 e. The van der Waals surface area contributed by atoms with E-state index in [-0.39, 0.29) is 22.4 Å². The Labute approximate surface area is 319 Å². The van der Waals surface area contributed by atoms with Gasteiger partial charge in [0.2, 0.25) is 0 Å². The maximum absolute atomic E-state index is 4.39. The van der Waals surface area contributed by atoms with Crippen LogP contribution in [0.2, 0.25) is 0 Å². The van der Waals surface area contributed by atoms with E-state index in [1.165, 1.54) is 66.5 Å². The van der Waals surface area contributed by atoms with Crippen molar-refractivity contribution in [3.05, 3.63) is 144 Å². The molecule has 0 amide bonds. The van der Waals surface area contributed by atoms with E-state index in [9.17, 15) is 0 Å². The first-order chi connectivity index (χ1) is 24.2. The molecule has 1 aliphatic rings. The minimum absolute atomic E-state index is 0. The van der Waals surface area contributed by atoms with Gasteiger partial charge in [0.15, 0.2) is 0 Å². The molecule has 1 aliphatic heterocycles. The van der Waals surface area contributed by atoms with Crippen molar-refractivity contribution in [2.24, 2.45) is 0 Å². The average Bonchev–Trinajstić information content (AvgIpc) is 3.77. The molecule has 0 saturated carbocycles. The summed E-state index contributed by atoms with van der Waals surface area (Å²) >= 11 is 0. The quantitative estimate of drug-likeness (QED) is 0.0948. The van der Waals surface area contributed by atoms with Crippen molar-refractivity contribution < 1.29 is 22.4 Å².